The van der Waals surface area contributed by atoms with Gasteiger partial charge in [-0.2, -0.15) is 0 Å². The molecule has 20 heavy (non-hydrogen) atoms. The summed E-state index contributed by atoms with van der Waals surface area (Å²) in [6.45, 7) is 5.63. The van der Waals surface area contributed by atoms with Gasteiger partial charge in [0.05, 0.1) is 19.3 Å². The standard InChI is InChI=1S/C16H27NO3/c1-4-14-5-7-15(8-6-14)16(18)13-17(9-11-19-2)10-12-20-3/h5-8,16,18H,4,9-13H2,1-3H3. The Morgan fingerprint density at radius 3 is 2.05 bits per heavy atom. The maximum Gasteiger partial charge on any atom is 0.0916 e. The van der Waals surface area contributed by atoms with Crippen LogP contribution < -0.4 is 0 Å². The van der Waals surface area contributed by atoms with Crippen LogP contribution in [0.15, 0.2) is 24.3 Å². The van der Waals surface area contributed by atoms with Crippen LogP contribution in [-0.4, -0.2) is 57.1 Å². The summed E-state index contributed by atoms with van der Waals surface area (Å²) in [5.41, 5.74) is 2.25. The Hall–Kier alpha value is -0.940. The van der Waals surface area contributed by atoms with Gasteiger partial charge >= 0.3 is 0 Å². The summed E-state index contributed by atoms with van der Waals surface area (Å²) >= 11 is 0. The Bertz CT molecular complexity index is 345. The van der Waals surface area contributed by atoms with E-state index >= 15 is 0 Å². The van der Waals surface area contributed by atoms with Crippen molar-refractivity contribution in [3.05, 3.63) is 35.4 Å². The second-order valence-electron chi connectivity index (χ2n) is 4.90. The Morgan fingerprint density at radius 2 is 1.60 bits per heavy atom. The van der Waals surface area contributed by atoms with E-state index in [9.17, 15) is 5.11 Å². The molecule has 0 aromatic heterocycles. The van der Waals surface area contributed by atoms with E-state index in [1.807, 2.05) is 12.1 Å². The lowest BCUT2D eigenvalue weighted by atomic mass is 10.1. The van der Waals surface area contributed by atoms with E-state index in [4.69, 9.17) is 9.47 Å². The number of hydrogen-bond acceptors (Lipinski definition) is 4. The number of benzene rings is 1. The Balaban J connectivity index is 2.55. The molecule has 0 amide bonds. The van der Waals surface area contributed by atoms with Crippen molar-refractivity contribution in [3.8, 4) is 0 Å². The van der Waals surface area contributed by atoms with Crippen molar-refractivity contribution < 1.29 is 14.6 Å². The molecule has 0 radical (unpaired) electrons. The van der Waals surface area contributed by atoms with E-state index in [0.29, 0.717) is 19.8 Å². The quantitative estimate of drug-likeness (QED) is 0.711. The molecule has 1 unspecified atom stereocenters. The smallest absolute Gasteiger partial charge is 0.0916 e. The lowest BCUT2D eigenvalue weighted by Gasteiger charge is -2.24. The summed E-state index contributed by atoms with van der Waals surface area (Å²) in [5, 5.41) is 10.3. The first-order valence-electron chi connectivity index (χ1n) is 7.18. The Morgan fingerprint density at radius 1 is 1.05 bits per heavy atom. The van der Waals surface area contributed by atoms with Crippen LogP contribution in [0, 0.1) is 0 Å². The maximum atomic E-state index is 10.3. The van der Waals surface area contributed by atoms with Gasteiger partial charge in [0.2, 0.25) is 0 Å². The van der Waals surface area contributed by atoms with Gasteiger partial charge in [0.15, 0.2) is 0 Å². The Kier molecular flexibility index (Phi) is 8.46. The number of methoxy groups -OCH3 is 2. The number of aryl methyl sites for hydroxylation is 1. The van der Waals surface area contributed by atoms with Crippen molar-refractivity contribution in [2.75, 3.05) is 47.1 Å². The highest BCUT2D eigenvalue weighted by atomic mass is 16.5. The van der Waals surface area contributed by atoms with Crippen molar-refractivity contribution in [3.63, 3.8) is 0 Å². The second-order valence-corrected chi connectivity index (χ2v) is 4.90. The van der Waals surface area contributed by atoms with Gasteiger partial charge in [-0.05, 0) is 17.5 Å². The minimum atomic E-state index is -0.477. The summed E-state index contributed by atoms with van der Waals surface area (Å²) in [5.74, 6) is 0. The molecular formula is C16H27NO3. The van der Waals surface area contributed by atoms with Gasteiger partial charge in [-0.25, -0.2) is 0 Å². The normalized spacial score (nSPS) is 12.8. The van der Waals surface area contributed by atoms with Crippen LogP contribution in [0.4, 0.5) is 0 Å². The molecule has 0 saturated carbocycles. The SMILES string of the molecule is CCc1ccc(C(O)CN(CCOC)CCOC)cc1. The van der Waals surface area contributed by atoms with Crippen LogP contribution in [0.2, 0.25) is 0 Å². The lowest BCUT2D eigenvalue weighted by molar-refractivity contribution is 0.0697. The third kappa shape index (κ3) is 6.01. The molecule has 114 valence electrons. The van der Waals surface area contributed by atoms with Gasteiger partial charge in [0, 0.05) is 33.9 Å². The first kappa shape index (κ1) is 17.1. The summed E-state index contributed by atoms with van der Waals surface area (Å²) < 4.78 is 10.2. The third-order valence-electron chi connectivity index (χ3n) is 3.43. The van der Waals surface area contributed by atoms with E-state index in [1.54, 1.807) is 14.2 Å². The first-order valence-corrected chi connectivity index (χ1v) is 7.18. The highest BCUT2D eigenvalue weighted by Gasteiger charge is 2.13. The van der Waals surface area contributed by atoms with Crippen LogP contribution in [0.3, 0.4) is 0 Å². The van der Waals surface area contributed by atoms with Crippen molar-refractivity contribution in [2.45, 2.75) is 19.4 Å². The van der Waals surface area contributed by atoms with Crippen LogP contribution in [0.25, 0.3) is 0 Å². The van der Waals surface area contributed by atoms with Gasteiger partial charge in [-0.15, -0.1) is 0 Å². The highest BCUT2D eigenvalue weighted by Crippen LogP contribution is 2.15. The van der Waals surface area contributed by atoms with E-state index in [-0.39, 0.29) is 0 Å². The van der Waals surface area contributed by atoms with Gasteiger partial charge in [0.1, 0.15) is 0 Å². The van der Waals surface area contributed by atoms with Crippen molar-refractivity contribution in [2.24, 2.45) is 0 Å². The van der Waals surface area contributed by atoms with Crippen molar-refractivity contribution >= 4 is 0 Å². The van der Waals surface area contributed by atoms with E-state index < -0.39 is 6.10 Å². The molecule has 1 atom stereocenters. The monoisotopic (exact) mass is 281 g/mol. The second kappa shape index (κ2) is 9.88. The summed E-state index contributed by atoms with van der Waals surface area (Å²) in [6.07, 6.45) is 0.541. The fraction of sp³-hybridized carbons (Fsp3) is 0.625. The largest absolute Gasteiger partial charge is 0.387 e. The zero-order valence-electron chi connectivity index (χ0n) is 12.8. The molecule has 0 aliphatic rings. The highest BCUT2D eigenvalue weighted by molar-refractivity contribution is 5.24. The molecule has 0 heterocycles. The molecule has 1 aromatic carbocycles. The number of aliphatic hydroxyl groups excluding tert-OH is 1. The van der Waals surface area contributed by atoms with Crippen molar-refractivity contribution in [1.29, 1.82) is 0 Å². The predicted molar refractivity (Wildman–Crippen MR) is 81.0 cm³/mol. The topological polar surface area (TPSA) is 41.9 Å². The van der Waals surface area contributed by atoms with E-state index in [0.717, 1.165) is 25.1 Å². The fourth-order valence-corrected chi connectivity index (χ4v) is 2.06. The fourth-order valence-electron chi connectivity index (χ4n) is 2.06. The minimum absolute atomic E-state index is 0.477. The number of rotatable bonds is 10. The Labute approximate surface area is 122 Å². The molecule has 0 spiro atoms. The van der Waals surface area contributed by atoms with Gasteiger partial charge < -0.3 is 14.6 Å². The molecular weight excluding hydrogens is 254 g/mol. The molecule has 0 bridgehead atoms. The summed E-state index contributed by atoms with van der Waals surface area (Å²) in [6, 6.07) is 8.17. The maximum absolute atomic E-state index is 10.3. The number of nitrogens with zero attached hydrogens (tertiary/aromatic N) is 1. The van der Waals surface area contributed by atoms with Crippen LogP contribution >= 0.6 is 0 Å². The lowest BCUT2D eigenvalue weighted by Crippen LogP contribution is -2.34. The van der Waals surface area contributed by atoms with Gasteiger partial charge in [-0.1, -0.05) is 31.2 Å². The zero-order chi connectivity index (χ0) is 14.8. The molecule has 1 rings (SSSR count). The average Bonchev–Trinajstić information content (AvgIpc) is 2.49. The molecule has 0 saturated heterocycles. The van der Waals surface area contributed by atoms with Gasteiger partial charge in [0.25, 0.3) is 0 Å². The van der Waals surface area contributed by atoms with Gasteiger partial charge in [-0.3, -0.25) is 4.90 Å². The average molecular weight is 281 g/mol. The molecule has 0 aliphatic carbocycles. The summed E-state index contributed by atoms with van der Waals surface area (Å²) in [4.78, 5) is 2.16. The predicted octanol–water partition coefficient (Wildman–Crippen LogP) is 1.88. The summed E-state index contributed by atoms with van der Waals surface area (Å²) in [7, 11) is 3.38. The number of hydrogen-bond donors (Lipinski definition) is 1. The van der Waals surface area contributed by atoms with Crippen molar-refractivity contribution in [1.82, 2.24) is 4.90 Å². The van der Waals surface area contributed by atoms with Crippen LogP contribution in [0.5, 0.6) is 0 Å². The molecule has 1 aromatic rings. The molecule has 4 nitrogen and oxygen atoms in total. The van der Waals surface area contributed by atoms with E-state index in [1.165, 1.54) is 5.56 Å². The van der Waals surface area contributed by atoms with Crippen LogP contribution in [0.1, 0.15) is 24.2 Å². The molecule has 0 aliphatic heterocycles. The molecule has 4 heteroatoms. The zero-order valence-corrected chi connectivity index (χ0v) is 12.8. The number of ether oxygens (including phenoxy) is 2. The van der Waals surface area contributed by atoms with E-state index in [2.05, 4.69) is 24.0 Å². The minimum Gasteiger partial charge on any atom is -0.387 e. The van der Waals surface area contributed by atoms with Crippen LogP contribution in [-0.2, 0) is 15.9 Å². The molecule has 0 fully saturated rings. The molecule has 1 N–H and O–H groups in total. The number of aliphatic hydroxyl groups is 1. The first-order chi connectivity index (χ1) is 9.71. The third-order valence-corrected chi connectivity index (χ3v) is 3.43.